The first kappa shape index (κ1) is 37.7. The number of fused-ring (bicyclic) bond motifs is 3. The molecule has 0 bridgehead atoms. The zero-order chi connectivity index (χ0) is 40.4. The maximum absolute atomic E-state index is 12.7. The van der Waals surface area contributed by atoms with Crippen molar-refractivity contribution in [2.75, 3.05) is 50.0 Å². The Balaban J connectivity index is 0.749. The monoisotopic (exact) mass is 800 g/mol. The van der Waals surface area contributed by atoms with Gasteiger partial charge >= 0.3 is 6.03 Å². The van der Waals surface area contributed by atoms with E-state index in [0.717, 1.165) is 68.6 Å². The van der Waals surface area contributed by atoms with Crippen molar-refractivity contribution in [3.05, 3.63) is 70.7 Å². The van der Waals surface area contributed by atoms with Crippen molar-refractivity contribution in [2.24, 2.45) is 11.1 Å². The molecule has 308 valence electrons. The second-order valence-corrected chi connectivity index (χ2v) is 17.9. The van der Waals surface area contributed by atoms with Crippen molar-refractivity contribution >= 4 is 52.0 Å². The van der Waals surface area contributed by atoms with Crippen molar-refractivity contribution in [3.63, 3.8) is 0 Å². The lowest BCUT2D eigenvalue weighted by atomic mass is 9.56. The van der Waals surface area contributed by atoms with Crippen LogP contribution in [0.5, 0.6) is 0 Å². The molecule has 59 heavy (non-hydrogen) atoms. The number of carbonyl (C=O) groups is 4. The molecule has 1 spiro atoms. The summed E-state index contributed by atoms with van der Waals surface area (Å²) in [7, 11) is 1.84. The number of nitrogens with two attached hydrogens (primary N) is 1. The van der Waals surface area contributed by atoms with Gasteiger partial charge in [-0.2, -0.15) is 0 Å². The first-order chi connectivity index (χ1) is 28.6. The van der Waals surface area contributed by atoms with Crippen molar-refractivity contribution < 1.29 is 23.7 Å². The number of piperidine rings is 2. The Morgan fingerprint density at radius 3 is 2.51 bits per heavy atom. The highest BCUT2D eigenvalue weighted by Crippen LogP contribution is 2.56. The fraction of sp³-hybridized carbons (Fsp3) is 0.523. The van der Waals surface area contributed by atoms with Gasteiger partial charge in [-0.1, -0.05) is 23.4 Å². The Kier molecular flexibility index (Phi) is 9.53. The number of aromatic nitrogens is 3. The molecule has 2 aromatic carbocycles. The number of anilines is 3. The molecule has 0 radical (unpaired) electrons. The molecule has 2 unspecified atom stereocenters. The normalized spacial score (nSPS) is 27.5. The molecule has 2 aromatic heterocycles. The van der Waals surface area contributed by atoms with E-state index in [0.29, 0.717) is 54.1 Å². The average molecular weight is 801 g/mol. The van der Waals surface area contributed by atoms with Crippen LogP contribution >= 0.6 is 0 Å². The first-order valence-electron chi connectivity index (χ1n) is 21.4. The third-order valence-corrected chi connectivity index (χ3v) is 14.4. The Labute approximate surface area is 343 Å². The highest BCUT2D eigenvalue weighted by atomic mass is 16.5. The number of urea groups is 1. The van der Waals surface area contributed by atoms with E-state index in [9.17, 15) is 19.2 Å². The summed E-state index contributed by atoms with van der Waals surface area (Å²) >= 11 is 0. The number of imide groups is 1. The molecule has 15 nitrogen and oxygen atoms in total. The number of rotatable bonds is 8. The molecule has 2 saturated carbocycles. The van der Waals surface area contributed by atoms with E-state index in [1.54, 1.807) is 11.1 Å². The maximum Gasteiger partial charge on any atom is 0.320 e. The van der Waals surface area contributed by atoms with E-state index in [4.69, 9.17) is 15.2 Å². The molecular formula is C44H52N10O5. The van der Waals surface area contributed by atoms with Crippen LogP contribution < -0.4 is 21.3 Å². The van der Waals surface area contributed by atoms with Crippen molar-refractivity contribution in [1.82, 2.24) is 35.1 Å². The predicted molar refractivity (Wildman–Crippen MR) is 220 cm³/mol. The molecule has 3 saturated heterocycles. The number of primary amides is 1. The molecule has 6 aliphatic rings. The lowest BCUT2D eigenvalue weighted by Gasteiger charge is -2.55. The molecule has 10 rings (SSSR count). The largest absolute Gasteiger partial charge is 0.364 e. The highest BCUT2D eigenvalue weighted by Gasteiger charge is 2.48. The van der Waals surface area contributed by atoms with E-state index in [1.807, 2.05) is 18.0 Å². The summed E-state index contributed by atoms with van der Waals surface area (Å²) in [6.07, 6.45) is 12.5. The number of hydrogen-bond acceptors (Lipinski definition) is 11. The average Bonchev–Trinajstić information content (AvgIpc) is 3.82. The molecule has 4 aliphatic heterocycles. The fourth-order valence-corrected chi connectivity index (χ4v) is 11.0. The Hall–Kier alpha value is -5.57. The van der Waals surface area contributed by atoms with Gasteiger partial charge in [0.1, 0.15) is 11.5 Å². The molecule has 5 fully saturated rings. The number of likely N-dealkylation sites (N-methyl/N-ethyl adjacent to an activating group) is 1. The first-order valence-corrected chi connectivity index (χ1v) is 21.4. The van der Waals surface area contributed by atoms with Crippen LogP contribution in [-0.2, 0) is 22.6 Å². The molecule has 4 N–H and O–H groups in total. The minimum atomic E-state index is -0.641. The quantitative estimate of drug-likeness (QED) is 0.200. The molecule has 6 heterocycles. The van der Waals surface area contributed by atoms with Crippen LogP contribution in [0.25, 0.3) is 11.0 Å². The third kappa shape index (κ3) is 6.96. The summed E-state index contributed by atoms with van der Waals surface area (Å²) < 4.78 is 5.94. The number of benzene rings is 2. The van der Waals surface area contributed by atoms with Crippen LogP contribution in [0.3, 0.4) is 0 Å². The standard InChI is InChI=1S/C44H52N10O5/c1-51-19-20-54(43(51)58)30-3-2-17-53(24-30)35-23-46-38(40(45)56)41(48-35)47-29-7-4-26(5-8-29)27-12-15-44(16-13-27)21-31(22-44)52-18-14-28-6-9-32-37(50-59-39(32)34(28)25-52)33-10-11-36(55)49-42(33)57/h4-9,23,27,30-31,33H,2-3,10-22,24-25H2,1H3,(H2,45,56)(H,47,48)(H,49,55,57). The van der Waals surface area contributed by atoms with Gasteiger partial charge in [-0.25, -0.2) is 14.8 Å². The lowest BCUT2D eigenvalue weighted by Crippen LogP contribution is -2.53. The van der Waals surface area contributed by atoms with Crippen molar-refractivity contribution in [2.45, 2.75) is 101 Å². The van der Waals surface area contributed by atoms with Gasteiger partial charge in [0.15, 0.2) is 17.1 Å². The lowest BCUT2D eigenvalue weighted by molar-refractivity contribution is -0.134. The van der Waals surface area contributed by atoms with Gasteiger partial charge in [-0.15, -0.1) is 0 Å². The zero-order valence-corrected chi connectivity index (χ0v) is 33.6. The SMILES string of the molecule is CN1CCN(C2CCCN(c3cnc(C(N)=O)c(Nc4ccc(C5CCC6(CC5)CC(N5CCc7ccc8c(C9CCC(=O)NC9=O)noc8c7C5)C6)cc4)n3)C2)C1=O. The van der Waals surface area contributed by atoms with Gasteiger partial charge in [0.05, 0.1) is 18.2 Å². The van der Waals surface area contributed by atoms with Gasteiger partial charge in [-0.3, -0.25) is 24.6 Å². The summed E-state index contributed by atoms with van der Waals surface area (Å²) in [6, 6.07) is 13.4. The Bertz CT molecular complexity index is 2310. The van der Waals surface area contributed by atoms with Crippen LogP contribution in [0.2, 0.25) is 0 Å². The second kappa shape index (κ2) is 14.9. The summed E-state index contributed by atoms with van der Waals surface area (Å²) in [4.78, 5) is 67.2. The molecular weight excluding hydrogens is 749 g/mol. The Morgan fingerprint density at radius 1 is 0.949 bits per heavy atom. The minimum Gasteiger partial charge on any atom is -0.364 e. The minimum absolute atomic E-state index is 0.0727. The summed E-state index contributed by atoms with van der Waals surface area (Å²) in [5, 5.41) is 11.1. The number of carbonyl (C=O) groups excluding carboxylic acids is 4. The molecule has 5 amide bonds. The van der Waals surface area contributed by atoms with Crippen LogP contribution in [0, 0.1) is 5.41 Å². The number of nitrogens with one attached hydrogen (secondary N) is 2. The van der Waals surface area contributed by atoms with E-state index < -0.39 is 11.8 Å². The molecule has 15 heteroatoms. The molecule has 2 atom stereocenters. The second-order valence-electron chi connectivity index (χ2n) is 17.9. The maximum atomic E-state index is 12.7. The topological polar surface area (TPSA) is 183 Å². The van der Waals surface area contributed by atoms with Crippen LogP contribution in [-0.4, -0.2) is 105 Å². The zero-order valence-electron chi connectivity index (χ0n) is 33.6. The van der Waals surface area contributed by atoms with Crippen molar-refractivity contribution in [3.8, 4) is 0 Å². The van der Waals surface area contributed by atoms with Gasteiger partial charge in [0.2, 0.25) is 11.8 Å². The van der Waals surface area contributed by atoms with Gasteiger partial charge in [0.25, 0.3) is 5.91 Å². The summed E-state index contributed by atoms with van der Waals surface area (Å²) in [6.45, 7) is 4.79. The van der Waals surface area contributed by atoms with Gasteiger partial charge < -0.3 is 30.3 Å². The number of amides is 5. The van der Waals surface area contributed by atoms with Crippen LogP contribution in [0.1, 0.15) is 109 Å². The van der Waals surface area contributed by atoms with Gasteiger partial charge in [-0.05, 0) is 105 Å². The molecule has 4 aromatic rings. The smallest absolute Gasteiger partial charge is 0.320 e. The molecule has 2 aliphatic carbocycles. The van der Waals surface area contributed by atoms with Crippen LogP contribution in [0.15, 0.2) is 47.1 Å². The Morgan fingerprint density at radius 2 is 1.76 bits per heavy atom. The summed E-state index contributed by atoms with van der Waals surface area (Å²) in [5.74, 6) is -0.126. The van der Waals surface area contributed by atoms with E-state index in [1.165, 1.54) is 55.2 Å². The van der Waals surface area contributed by atoms with E-state index >= 15 is 0 Å². The van der Waals surface area contributed by atoms with Gasteiger partial charge in [0, 0.05) is 75.4 Å². The van der Waals surface area contributed by atoms with E-state index in [2.05, 4.69) is 60.9 Å². The number of nitrogens with zero attached hydrogens (tertiary/aromatic N) is 7. The third-order valence-electron chi connectivity index (χ3n) is 14.4. The predicted octanol–water partition coefficient (Wildman–Crippen LogP) is 5.18. The highest BCUT2D eigenvalue weighted by molar-refractivity contribution is 6.02. The number of hydrogen-bond donors (Lipinski definition) is 3. The van der Waals surface area contributed by atoms with Crippen molar-refractivity contribution in [1.29, 1.82) is 0 Å². The van der Waals surface area contributed by atoms with Crippen LogP contribution in [0.4, 0.5) is 22.1 Å². The summed E-state index contributed by atoms with van der Waals surface area (Å²) in [5.41, 5.74) is 12.3. The van der Waals surface area contributed by atoms with E-state index in [-0.39, 0.29) is 29.6 Å². The fourth-order valence-electron chi connectivity index (χ4n) is 11.0.